The van der Waals surface area contributed by atoms with Gasteiger partial charge < -0.3 is 5.32 Å². The van der Waals surface area contributed by atoms with E-state index in [1.807, 2.05) is 17.5 Å². The zero-order chi connectivity index (χ0) is 13.3. The van der Waals surface area contributed by atoms with Gasteiger partial charge >= 0.3 is 0 Å². The van der Waals surface area contributed by atoms with Crippen LogP contribution in [0.15, 0.2) is 17.5 Å². The first kappa shape index (κ1) is 12.6. The van der Waals surface area contributed by atoms with Gasteiger partial charge in [-0.1, -0.05) is 6.07 Å². The van der Waals surface area contributed by atoms with Crippen LogP contribution in [0.3, 0.4) is 0 Å². The summed E-state index contributed by atoms with van der Waals surface area (Å²) in [6.07, 6.45) is 2.81. The van der Waals surface area contributed by atoms with Crippen LogP contribution >= 0.6 is 22.9 Å². The van der Waals surface area contributed by atoms with Crippen LogP contribution in [0.1, 0.15) is 25.1 Å². The standard InChI is InChI=1S/C12H13ClN4OS/c13-7-9(18)15-12(4-2-5-12)11-14-10(16-17-11)8-3-1-6-19-8/h1,3,6H,2,4-5,7H2,(H,15,18)(H,14,16,17). The molecule has 0 saturated heterocycles. The molecule has 7 heteroatoms. The summed E-state index contributed by atoms with van der Waals surface area (Å²) in [5, 5.41) is 12.1. The van der Waals surface area contributed by atoms with Gasteiger partial charge in [0, 0.05) is 0 Å². The number of amides is 1. The molecule has 1 aliphatic carbocycles. The molecule has 0 radical (unpaired) electrons. The fourth-order valence-electron chi connectivity index (χ4n) is 2.24. The number of nitrogens with zero attached hydrogens (tertiary/aromatic N) is 2. The minimum Gasteiger partial charge on any atom is -0.342 e. The third-order valence-corrected chi connectivity index (χ3v) is 4.50. The zero-order valence-electron chi connectivity index (χ0n) is 10.1. The van der Waals surface area contributed by atoms with Crippen molar-refractivity contribution in [3.63, 3.8) is 0 Å². The normalized spacial score (nSPS) is 16.9. The number of H-pyrrole nitrogens is 1. The van der Waals surface area contributed by atoms with Crippen molar-refractivity contribution >= 4 is 28.8 Å². The molecule has 1 amide bonds. The molecule has 1 aliphatic rings. The summed E-state index contributed by atoms with van der Waals surface area (Å²) < 4.78 is 0. The average molecular weight is 297 g/mol. The Morgan fingerprint density at radius 1 is 1.58 bits per heavy atom. The highest BCUT2D eigenvalue weighted by Gasteiger charge is 2.43. The minimum atomic E-state index is -0.408. The highest BCUT2D eigenvalue weighted by molar-refractivity contribution is 7.13. The molecule has 0 bridgehead atoms. The quantitative estimate of drug-likeness (QED) is 0.850. The van der Waals surface area contributed by atoms with E-state index in [1.54, 1.807) is 11.3 Å². The summed E-state index contributed by atoms with van der Waals surface area (Å²) in [7, 11) is 0. The summed E-state index contributed by atoms with van der Waals surface area (Å²) in [4.78, 5) is 17.1. The lowest BCUT2D eigenvalue weighted by Gasteiger charge is -2.40. The Bertz CT molecular complexity index is 576. The Balaban J connectivity index is 1.86. The number of rotatable bonds is 4. The molecule has 1 fully saturated rings. The number of hydrogen-bond donors (Lipinski definition) is 2. The van der Waals surface area contributed by atoms with Crippen LogP contribution in [-0.2, 0) is 10.3 Å². The second-order valence-corrected chi connectivity index (χ2v) is 5.82. The van der Waals surface area contributed by atoms with Gasteiger partial charge in [-0.05, 0) is 30.7 Å². The Labute approximate surface area is 119 Å². The largest absolute Gasteiger partial charge is 0.342 e. The lowest BCUT2D eigenvalue weighted by atomic mass is 9.76. The maximum Gasteiger partial charge on any atom is 0.235 e. The van der Waals surface area contributed by atoms with Crippen molar-refractivity contribution in [1.82, 2.24) is 20.5 Å². The summed E-state index contributed by atoms with van der Waals surface area (Å²) in [6.45, 7) is 0. The van der Waals surface area contributed by atoms with Gasteiger partial charge in [0.1, 0.15) is 5.88 Å². The van der Waals surface area contributed by atoms with Gasteiger partial charge in [-0.15, -0.1) is 22.9 Å². The number of halogens is 1. The summed E-state index contributed by atoms with van der Waals surface area (Å²) in [5.41, 5.74) is -0.408. The first-order valence-electron chi connectivity index (χ1n) is 6.07. The Morgan fingerprint density at radius 2 is 2.42 bits per heavy atom. The van der Waals surface area contributed by atoms with Crippen molar-refractivity contribution in [3.8, 4) is 10.7 Å². The highest BCUT2D eigenvalue weighted by Crippen LogP contribution is 2.40. The fraction of sp³-hybridized carbons (Fsp3) is 0.417. The number of carbonyl (C=O) groups is 1. The van der Waals surface area contributed by atoms with Gasteiger partial charge in [-0.3, -0.25) is 9.89 Å². The number of aromatic nitrogens is 3. The lowest BCUT2D eigenvalue weighted by molar-refractivity contribution is -0.122. The second kappa shape index (κ2) is 4.94. The van der Waals surface area contributed by atoms with Crippen molar-refractivity contribution < 1.29 is 4.79 Å². The van der Waals surface area contributed by atoms with Crippen molar-refractivity contribution in [1.29, 1.82) is 0 Å². The molecule has 2 heterocycles. The van der Waals surface area contributed by atoms with Crippen molar-refractivity contribution in [3.05, 3.63) is 23.3 Å². The van der Waals surface area contributed by atoms with Gasteiger partial charge in [0.25, 0.3) is 0 Å². The molecule has 19 heavy (non-hydrogen) atoms. The van der Waals surface area contributed by atoms with Crippen LogP contribution in [0.25, 0.3) is 10.7 Å². The Hall–Kier alpha value is -1.40. The van der Waals surface area contributed by atoms with E-state index in [0.29, 0.717) is 5.82 Å². The molecule has 100 valence electrons. The molecule has 0 unspecified atom stereocenters. The van der Waals surface area contributed by atoms with Crippen LogP contribution in [-0.4, -0.2) is 27.0 Å². The molecule has 2 N–H and O–H groups in total. The molecular weight excluding hydrogens is 284 g/mol. The van der Waals surface area contributed by atoms with E-state index in [2.05, 4.69) is 20.5 Å². The number of alkyl halides is 1. The lowest BCUT2D eigenvalue weighted by Crippen LogP contribution is -2.52. The Morgan fingerprint density at radius 3 is 3.00 bits per heavy atom. The van der Waals surface area contributed by atoms with E-state index in [9.17, 15) is 4.79 Å². The average Bonchev–Trinajstić information content (AvgIpc) is 3.03. The monoisotopic (exact) mass is 296 g/mol. The fourth-order valence-corrected chi connectivity index (χ4v) is 2.97. The summed E-state index contributed by atoms with van der Waals surface area (Å²) in [6, 6.07) is 3.94. The molecule has 5 nitrogen and oxygen atoms in total. The van der Waals surface area contributed by atoms with E-state index in [-0.39, 0.29) is 11.8 Å². The first-order valence-corrected chi connectivity index (χ1v) is 7.49. The van der Waals surface area contributed by atoms with E-state index < -0.39 is 5.54 Å². The number of carbonyl (C=O) groups excluding carboxylic acids is 1. The molecule has 0 spiro atoms. The third-order valence-electron chi connectivity index (χ3n) is 3.39. The van der Waals surface area contributed by atoms with Gasteiger partial charge in [-0.25, -0.2) is 4.98 Å². The number of thiophene rings is 1. The van der Waals surface area contributed by atoms with E-state index in [0.717, 1.165) is 30.0 Å². The van der Waals surface area contributed by atoms with Crippen LogP contribution < -0.4 is 5.32 Å². The molecule has 2 aromatic heterocycles. The number of aromatic amines is 1. The molecule has 0 aromatic carbocycles. The van der Waals surface area contributed by atoms with Crippen molar-refractivity contribution in [2.45, 2.75) is 24.8 Å². The predicted molar refractivity (Wildman–Crippen MR) is 74.1 cm³/mol. The zero-order valence-corrected chi connectivity index (χ0v) is 11.7. The number of nitrogens with one attached hydrogen (secondary N) is 2. The van der Waals surface area contributed by atoms with Crippen LogP contribution in [0, 0.1) is 0 Å². The maximum absolute atomic E-state index is 11.5. The first-order chi connectivity index (χ1) is 9.23. The van der Waals surface area contributed by atoms with Crippen molar-refractivity contribution in [2.24, 2.45) is 0 Å². The predicted octanol–water partition coefficient (Wildman–Crippen LogP) is 2.27. The highest BCUT2D eigenvalue weighted by atomic mass is 35.5. The molecule has 3 rings (SSSR count). The molecule has 0 aliphatic heterocycles. The van der Waals surface area contributed by atoms with E-state index in [1.165, 1.54) is 0 Å². The summed E-state index contributed by atoms with van der Waals surface area (Å²) >= 11 is 7.15. The van der Waals surface area contributed by atoms with Gasteiger partial charge in [0.2, 0.25) is 5.91 Å². The van der Waals surface area contributed by atoms with Crippen LogP contribution in [0.4, 0.5) is 0 Å². The second-order valence-electron chi connectivity index (χ2n) is 4.60. The Kier molecular flexibility index (Phi) is 3.28. The third kappa shape index (κ3) is 2.26. The van der Waals surface area contributed by atoms with Crippen molar-refractivity contribution in [2.75, 3.05) is 5.88 Å². The molecule has 0 atom stereocenters. The molecule has 1 saturated carbocycles. The molecule has 2 aromatic rings. The topological polar surface area (TPSA) is 70.7 Å². The van der Waals surface area contributed by atoms with Gasteiger partial charge in [-0.2, -0.15) is 5.10 Å². The van der Waals surface area contributed by atoms with Gasteiger partial charge in [0.05, 0.1) is 10.4 Å². The van der Waals surface area contributed by atoms with Gasteiger partial charge in [0.15, 0.2) is 11.6 Å². The molecular formula is C12H13ClN4OS. The van der Waals surface area contributed by atoms with E-state index >= 15 is 0 Å². The van der Waals surface area contributed by atoms with Crippen LogP contribution in [0.5, 0.6) is 0 Å². The maximum atomic E-state index is 11.5. The summed E-state index contributed by atoms with van der Waals surface area (Å²) in [5.74, 6) is 1.20. The smallest absolute Gasteiger partial charge is 0.235 e. The SMILES string of the molecule is O=C(CCl)NC1(c2nc(-c3cccs3)n[nH]2)CCC1. The van der Waals surface area contributed by atoms with Crippen LogP contribution in [0.2, 0.25) is 0 Å². The number of hydrogen-bond acceptors (Lipinski definition) is 4. The minimum absolute atomic E-state index is 0.0341. The van der Waals surface area contributed by atoms with E-state index in [4.69, 9.17) is 11.6 Å².